The van der Waals surface area contributed by atoms with Crippen molar-refractivity contribution >= 4 is 42.8 Å². The average molecular weight is 407 g/mol. The molecule has 1 aromatic heterocycles. The van der Waals surface area contributed by atoms with E-state index in [0.29, 0.717) is 0 Å². The molecule has 3 N–H and O–H groups in total. The summed E-state index contributed by atoms with van der Waals surface area (Å²) in [7, 11) is 0. The number of nitrogens with two attached hydrogens (primary N) is 1. The van der Waals surface area contributed by atoms with Gasteiger partial charge >= 0.3 is 0 Å². The number of rotatable bonds is 3. The van der Waals surface area contributed by atoms with Crippen molar-refractivity contribution in [3.8, 4) is 0 Å². The Labute approximate surface area is 139 Å². The fourth-order valence-electron chi connectivity index (χ4n) is 2.40. The van der Waals surface area contributed by atoms with Gasteiger partial charge in [0, 0.05) is 20.5 Å². The summed E-state index contributed by atoms with van der Waals surface area (Å²) >= 11 is 7.03. The number of hydrogen-bond donors (Lipinski definition) is 2. The molecule has 0 saturated heterocycles. The number of hydrogen-bond acceptors (Lipinski definition) is 3. The monoisotopic (exact) mass is 405 g/mol. The Morgan fingerprint density at radius 1 is 0.952 bits per heavy atom. The first-order chi connectivity index (χ1) is 10.2. The Kier molecular flexibility index (Phi) is 4.35. The SMILES string of the molecule is NNC(c1cc(Br)cc(Br)c1)c1ccc2ncccc2c1. The van der Waals surface area contributed by atoms with Crippen LogP contribution < -0.4 is 11.3 Å². The Bertz CT molecular complexity index is 769. The minimum Gasteiger partial charge on any atom is -0.271 e. The smallest absolute Gasteiger partial charge is 0.0711 e. The highest BCUT2D eigenvalue weighted by Crippen LogP contribution is 2.29. The molecule has 0 saturated carbocycles. The van der Waals surface area contributed by atoms with Gasteiger partial charge in [0.2, 0.25) is 0 Å². The molecular weight excluding hydrogens is 394 g/mol. The maximum absolute atomic E-state index is 5.78. The summed E-state index contributed by atoms with van der Waals surface area (Å²) in [4.78, 5) is 4.34. The molecule has 3 rings (SSSR count). The lowest BCUT2D eigenvalue weighted by Crippen LogP contribution is -2.28. The molecule has 0 aliphatic rings. The standard InChI is InChI=1S/C16H13Br2N3/c17-13-7-12(8-14(18)9-13)16(21-19)11-3-4-15-10(6-11)2-1-5-20-15/h1-9,16,21H,19H2. The van der Waals surface area contributed by atoms with Crippen LogP contribution in [-0.4, -0.2) is 4.98 Å². The zero-order valence-corrected chi connectivity index (χ0v) is 14.2. The first kappa shape index (κ1) is 14.7. The summed E-state index contributed by atoms with van der Waals surface area (Å²) in [5.74, 6) is 5.78. The van der Waals surface area contributed by atoms with Crippen molar-refractivity contribution in [3.63, 3.8) is 0 Å². The summed E-state index contributed by atoms with van der Waals surface area (Å²) in [5, 5.41) is 1.10. The fourth-order valence-corrected chi connectivity index (χ4v) is 3.73. The minimum atomic E-state index is -0.0802. The lowest BCUT2D eigenvalue weighted by molar-refractivity contribution is 0.637. The topological polar surface area (TPSA) is 50.9 Å². The van der Waals surface area contributed by atoms with Crippen molar-refractivity contribution in [1.82, 2.24) is 10.4 Å². The van der Waals surface area contributed by atoms with E-state index in [1.165, 1.54) is 0 Å². The number of nitrogens with one attached hydrogen (secondary N) is 1. The molecule has 5 heteroatoms. The van der Waals surface area contributed by atoms with Crippen molar-refractivity contribution in [2.45, 2.75) is 6.04 Å². The molecule has 0 spiro atoms. The van der Waals surface area contributed by atoms with E-state index in [1.54, 1.807) is 6.20 Å². The van der Waals surface area contributed by atoms with Crippen LogP contribution in [0.15, 0.2) is 63.7 Å². The predicted octanol–water partition coefficient (Wildman–Crippen LogP) is 4.31. The molecule has 1 heterocycles. The molecule has 0 radical (unpaired) electrons. The van der Waals surface area contributed by atoms with Crippen LogP contribution >= 0.6 is 31.9 Å². The summed E-state index contributed by atoms with van der Waals surface area (Å²) in [5.41, 5.74) is 6.06. The van der Waals surface area contributed by atoms with Gasteiger partial charge in [-0.2, -0.15) is 0 Å². The van der Waals surface area contributed by atoms with E-state index in [9.17, 15) is 0 Å². The van der Waals surface area contributed by atoms with Crippen LogP contribution in [0.1, 0.15) is 17.2 Å². The van der Waals surface area contributed by atoms with Crippen molar-refractivity contribution in [3.05, 3.63) is 74.8 Å². The number of fused-ring (bicyclic) bond motifs is 1. The normalized spacial score (nSPS) is 12.5. The van der Waals surface area contributed by atoms with Crippen LogP contribution in [0.4, 0.5) is 0 Å². The number of hydrazine groups is 1. The van der Waals surface area contributed by atoms with E-state index in [1.807, 2.05) is 18.2 Å². The lowest BCUT2D eigenvalue weighted by atomic mass is 9.98. The number of pyridine rings is 1. The van der Waals surface area contributed by atoms with Crippen molar-refractivity contribution in [2.24, 2.45) is 5.84 Å². The summed E-state index contributed by atoms with van der Waals surface area (Å²) in [6.07, 6.45) is 1.80. The van der Waals surface area contributed by atoms with Crippen LogP contribution in [0.2, 0.25) is 0 Å². The lowest BCUT2D eigenvalue weighted by Gasteiger charge is -2.18. The molecule has 0 fully saturated rings. The Morgan fingerprint density at radius 3 is 2.43 bits per heavy atom. The first-order valence-corrected chi connectivity index (χ1v) is 8.03. The summed E-state index contributed by atoms with van der Waals surface area (Å²) in [6.45, 7) is 0. The largest absolute Gasteiger partial charge is 0.271 e. The number of aromatic nitrogens is 1. The third-order valence-electron chi connectivity index (χ3n) is 3.35. The molecule has 0 bridgehead atoms. The van der Waals surface area contributed by atoms with Gasteiger partial charge in [0.05, 0.1) is 11.6 Å². The molecule has 0 aliphatic carbocycles. The third-order valence-corrected chi connectivity index (χ3v) is 4.26. The third kappa shape index (κ3) is 3.16. The van der Waals surface area contributed by atoms with Gasteiger partial charge in [-0.15, -0.1) is 0 Å². The predicted molar refractivity (Wildman–Crippen MR) is 92.8 cm³/mol. The molecule has 0 amide bonds. The van der Waals surface area contributed by atoms with E-state index >= 15 is 0 Å². The van der Waals surface area contributed by atoms with Gasteiger partial charge in [0.25, 0.3) is 0 Å². The Hall–Kier alpha value is -1.27. The molecule has 1 atom stereocenters. The minimum absolute atomic E-state index is 0.0802. The van der Waals surface area contributed by atoms with Crippen molar-refractivity contribution in [2.75, 3.05) is 0 Å². The molecule has 3 aromatic rings. The number of halogens is 2. The van der Waals surface area contributed by atoms with Gasteiger partial charge in [-0.1, -0.05) is 44.0 Å². The van der Waals surface area contributed by atoms with Crippen LogP contribution in [0.3, 0.4) is 0 Å². The molecular formula is C16H13Br2N3. The van der Waals surface area contributed by atoms with Gasteiger partial charge in [0.1, 0.15) is 0 Å². The number of nitrogens with zero attached hydrogens (tertiary/aromatic N) is 1. The second kappa shape index (κ2) is 6.23. The quantitative estimate of drug-likeness (QED) is 0.503. The molecule has 21 heavy (non-hydrogen) atoms. The first-order valence-electron chi connectivity index (χ1n) is 6.44. The van der Waals surface area contributed by atoms with Crippen molar-refractivity contribution in [1.29, 1.82) is 0 Å². The van der Waals surface area contributed by atoms with Gasteiger partial charge in [-0.05, 0) is 47.5 Å². The average Bonchev–Trinajstić information content (AvgIpc) is 2.47. The molecule has 3 nitrogen and oxygen atoms in total. The van der Waals surface area contributed by atoms with Crippen LogP contribution in [0, 0.1) is 0 Å². The summed E-state index contributed by atoms with van der Waals surface area (Å²) < 4.78 is 2.02. The highest BCUT2D eigenvalue weighted by Gasteiger charge is 2.14. The van der Waals surface area contributed by atoms with Gasteiger partial charge in [-0.25, -0.2) is 5.43 Å². The second-order valence-corrected chi connectivity index (χ2v) is 6.59. The zero-order chi connectivity index (χ0) is 14.8. The zero-order valence-electron chi connectivity index (χ0n) is 11.1. The highest BCUT2D eigenvalue weighted by molar-refractivity contribution is 9.11. The molecule has 2 aromatic carbocycles. The fraction of sp³-hybridized carbons (Fsp3) is 0.0625. The Balaban J connectivity index is 2.08. The van der Waals surface area contributed by atoms with Crippen LogP contribution in [0.5, 0.6) is 0 Å². The van der Waals surface area contributed by atoms with Crippen LogP contribution in [-0.2, 0) is 0 Å². The van der Waals surface area contributed by atoms with E-state index in [4.69, 9.17) is 5.84 Å². The Morgan fingerprint density at radius 2 is 1.71 bits per heavy atom. The van der Waals surface area contributed by atoms with Gasteiger partial charge in [-0.3, -0.25) is 10.8 Å². The van der Waals surface area contributed by atoms with E-state index in [-0.39, 0.29) is 6.04 Å². The molecule has 106 valence electrons. The van der Waals surface area contributed by atoms with Gasteiger partial charge in [0.15, 0.2) is 0 Å². The summed E-state index contributed by atoms with van der Waals surface area (Å²) in [6, 6.07) is 16.2. The number of benzene rings is 2. The van der Waals surface area contributed by atoms with Crippen LogP contribution in [0.25, 0.3) is 10.9 Å². The van der Waals surface area contributed by atoms with Crippen molar-refractivity contribution < 1.29 is 0 Å². The maximum Gasteiger partial charge on any atom is 0.0711 e. The molecule has 1 unspecified atom stereocenters. The van der Waals surface area contributed by atoms with E-state index in [0.717, 1.165) is 31.0 Å². The van der Waals surface area contributed by atoms with Gasteiger partial charge < -0.3 is 0 Å². The maximum atomic E-state index is 5.78. The second-order valence-electron chi connectivity index (χ2n) is 4.76. The highest BCUT2D eigenvalue weighted by atomic mass is 79.9. The van der Waals surface area contributed by atoms with E-state index < -0.39 is 0 Å². The molecule has 0 aliphatic heterocycles. The van der Waals surface area contributed by atoms with E-state index in [2.05, 4.69) is 72.6 Å².